The molecular formula is C32H27NPS2+. The van der Waals surface area contributed by atoms with Gasteiger partial charge in [0.05, 0.1) is 11.2 Å². The van der Waals surface area contributed by atoms with E-state index in [-0.39, 0.29) is 0 Å². The smallest absolute Gasteiger partial charge is 0.143 e. The van der Waals surface area contributed by atoms with Gasteiger partial charge in [0.1, 0.15) is 28.5 Å². The fourth-order valence-corrected chi connectivity index (χ4v) is 10.00. The van der Waals surface area contributed by atoms with E-state index in [4.69, 9.17) is 18.8 Å². The number of benzene rings is 4. The Labute approximate surface area is 224 Å². The van der Waals surface area contributed by atoms with E-state index in [0.717, 1.165) is 23.0 Å². The van der Waals surface area contributed by atoms with Crippen molar-refractivity contribution < 1.29 is 0 Å². The van der Waals surface area contributed by atoms with Crippen molar-refractivity contribution in [2.45, 2.75) is 6.42 Å². The van der Waals surface area contributed by atoms with Gasteiger partial charge in [-0.2, -0.15) is 0 Å². The first-order valence-electron chi connectivity index (χ1n) is 11.9. The van der Waals surface area contributed by atoms with Crippen molar-refractivity contribution in [1.29, 1.82) is 0 Å². The molecule has 4 aromatic carbocycles. The molecule has 4 aromatic rings. The molecule has 0 atom stereocenters. The fourth-order valence-electron chi connectivity index (χ4n) is 4.70. The van der Waals surface area contributed by atoms with Crippen LogP contribution in [0.5, 0.6) is 0 Å². The van der Waals surface area contributed by atoms with E-state index >= 15 is 0 Å². The lowest BCUT2D eigenvalue weighted by Crippen LogP contribution is -2.31. The van der Waals surface area contributed by atoms with Crippen LogP contribution in [0.25, 0.3) is 5.70 Å². The van der Waals surface area contributed by atoms with Gasteiger partial charge in [-0.3, -0.25) is 0 Å². The Balaban J connectivity index is 1.59. The molecule has 1 saturated heterocycles. The average Bonchev–Trinajstić information content (AvgIpc) is 2.92. The van der Waals surface area contributed by atoms with Gasteiger partial charge in [-0.1, -0.05) is 115 Å². The molecular weight excluding hydrogens is 493 g/mol. The molecule has 0 aliphatic carbocycles. The highest BCUT2D eigenvalue weighted by Gasteiger charge is 2.48. The Morgan fingerprint density at radius 1 is 0.722 bits per heavy atom. The minimum atomic E-state index is -2.13. The summed E-state index contributed by atoms with van der Waals surface area (Å²) in [4.78, 5) is 2.62. The van der Waals surface area contributed by atoms with Crippen molar-refractivity contribution in [3.8, 4) is 0 Å². The number of thioether (sulfide) groups is 1. The first kappa shape index (κ1) is 24.5. The zero-order valence-corrected chi connectivity index (χ0v) is 22.4. The summed E-state index contributed by atoms with van der Waals surface area (Å²) in [6, 6.07) is 43.0. The maximum absolute atomic E-state index is 5.13. The normalized spacial score (nSPS) is 15.6. The van der Waals surface area contributed by atoms with Gasteiger partial charge < -0.3 is 5.32 Å². The van der Waals surface area contributed by atoms with Gasteiger partial charge in [0.15, 0.2) is 0 Å². The number of allylic oxidation sites excluding steroid dienone is 4. The second-order valence-electron chi connectivity index (χ2n) is 8.48. The minimum Gasteiger partial charge on any atom is -0.351 e. The Bertz CT molecular complexity index is 1310. The van der Waals surface area contributed by atoms with Crippen molar-refractivity contribution in [2.75, 3.05) is 0 Å². The summed E-state index contributed by atoms with van der Waals surface area (Å²) >= 11 is 6.94. The molecule has 0 saturated carbocycles. The van der Waals surface area contributed by atoms with Crippen LogP contribution in [0.2, 0.25) is 0 Å². The summed E-state index contributed by atoms with van der Waals surface area (Å²) in [6.07, 6.45) is 3.22. The molecule has 1 N–H and O–H groups in total. The summed E-state index contributed by atoms with van der Waals surface area (Å²) in [5.41, 5.74) is 3.83. The molecule has 0 spiro atoms. The van der Waals surface area contributed by atoms with Crippen LogP contribution in [0, 0.1) is 0 Å². The molecule has 36 heavy (non-hydrogen) atoms. The van der Waals surface area contributed by atoms with Crippen LogP contribution in [-0.4, -0.2) is 5.49 Å². The molecule has 0 unspecified atom stereocenters. The second-order valence-corrected chi connectivity index (χ2v) is 13.4. The van der Waals surface area contributed by atoms with Gasteiger partial charge >= 0.3 is 0 Å². The number of thiocarbonyl (C=S) groups is 1. The highest BCUT2D eigenvalue weighted by molar-refractivity contribution is 8.08. The van der Waals surface area contributed by atoms with E-state index in [1.807, 2.05) is 17.8 Å². The van der Waals surface area contributed by atoms with E-state index in [2.05, 4.69) is 127 Å². The minimum absolute atomic E-state index is 0.891. The van der Waals surface area contributed by atoms with Gasteiger partial charge in [-0.05, 0) is 52.9 Å². The van der Waals surface area contributed by atoms with E-state index in [1.54, 1.807) is 5.49 Å². The maximum Gasteiger partial charge on any atom is 0.143 e. The van der Waals surface area contributed by atoms with Crippen LogP contribution in [0.4, 0.5) is 0 Å². The van der Waals surface area contributed by atoms with Crippen molar-refractivity contribution in [2.24, 2.45) is 0 Å². The summed E-state index contributed by atoms with van der Waals surface area (Å²) < 4.78 is 0. The van der Waals surface area contributed by atoms with Crippen LogP contribution in [-0.2, 0) is 0 Å². The van der Waals surface area contributed by atoms with Crippen molar-refractivity contribution in [1.82, 2.24) is 5.32 Å². The molecule has 0 bridgehead atoms. The molecule has 1 aliphatic heterocycles. The summed E-state index contributed by atoms with van der Waals surface area (Å²) in [5.74, 6) is 0. The Morgan fingerprint density at radius 2 is 1.14 bits per heavy atom. The predicted molar refractivity (Wildman–Crippen MR) is 165 cm³/mol. The zero-order chi connectivity index (χ0) is 24.8. The molecule has 5 rings (SSSR count). The lowest BCUT2D eigenvalue weighted by Gasteiger charge is -2.30. The molecule has 1 aliphatic rings. The van der Waals surface area contributed by atoms with E-state index in [0.29, 0.717) is 0 Å². The fraction of sp³-hybridized carbons (Fsp3) is 0.0312. The predicted octanol–water partition coefficient (Wildman–Crippen LogP) is 7.43. The molecule has 1 nitrogen and oxygen atoms in total. The van der Waals surface area contributed by atoms with Crippen molar-refractivity contribution in [3.05, 3.63) is 155 Å². The third-order valence-corrected chi connectivity index (χ3v) is 11.8. The van der Waals surface area contributed by atoms with E-state index in [1.165, 1.54) is 25.7 Å². The molecule has 1 heterocycles. The van der Waals surface area contributed by atoms with Gasteiger partial charge in [0, 0.05) is 11.3 Å². The third kappa shape index (κ3) is 4.75. The molecule has 0 amide bonds. The van der Waals surface area contributed by atoms with Gasteiger partial charge in [0.25, 0.3) is 0 Å². The third-order valence-electron chi connectivity index (χ3n) is 6.32. The topological polar surface area (TPSA) is 12.0 Å². The molecule has 1 fully saturated rings. The second kappa shape index (κ2) is 11.2. The number of nitrogens with one attached hydrogen (secondary N) is 1. The molecule has 4 heteroatoms. The quantitative estimate of drug-likeness (QED) is 0.192. The van der Waals surface area contributed by atoms with Crippen LogP contribution < -0.4 is 21.2 Å². The first-order chi connectivity index (χ1) is 17.7. The number of hydrogen-bond acceptors (Lipinski definition) is 2. The maximum atomic E-state index is 5.13. The molecule has 176 valence electrons. The largest absolute Gasteiger partial charge is 0.351 e. The Kier molecular flexibility index (Phi) is 7.63. The van der Waals surface area contributed by atoms with Crippen LogP contribution in [0.1, 0.15) is 12.0 Å². The highest BCUT2D eigenvalue weighted by Crippen LogP contribution is 2.63. The summed E-state index contributed by atoms with van der Waals surface area (Å²) in [5, 5.41) is 8.40. The van der Waals surface area contributed by atoms with E-state index < -0.39 is 7.26 Å². The zero-order valence-electron chi connectivity index (χ0n) is 19.9. The Hall–Kier alpha value is -3.23. The number of hydrogen-bond donors (Lipinski definition) is 1. The van der Waals surface area contributed by atoms with Gasteiger partial charge in [0.2, 0.25) is 0 Å². The standard InChI is InChI=1S/C32H26NPS2/c1-25(22-30-23-31(36-30)32(33-24-35)26-14-6-2-7-15-26)34(27-16-8-3-9-17-27,28-18-10-4-11-19-28)29-20-12-5-13-21-29/h2-22,24H,1,23H2/p+1/b30-22+,32-31+. The Morgan fingerprint density at radius 3 is 1.56 bits per heavy atom. The SMILES string of the molecule is C=C(/C=C1\C/C(=C(\NC=S)c2ccccc2)S1)[P+](c1ccccc1)(c1ccccc1)c1ccccc1. The average molecular weight is 521 g/mol. The van der Waals surface area contributed by atoms with Crippen LogP contribution in [0.3, 0.4) is 0 Å². The van der Waals surface area contributed by atoms with Gasteiger partial charge in [-0.15, -0.1) is 0 Å². The lowest BCUT2D eigenvalue weighted by molar-refractivity contribution is 1.22. The lowest BCUT2D eigenvalue weighted by atomic mass is 10.1. The summed E-state index contributed by atoms with van der Waals surface area (Å²) in [6.45, 7) is 4.75. The molecule has 0 aromatic heterocycles. The van der Waals surface area contributed by atoms with Crippen molar-refractivity contribution >= 4 is 58.3 Å². The van der Waals surface area contributed by atoms with Crippen LogP contribution >= 0.6 is 31.2 Å². The monoisotopic (exact) mass is 520 g/mol. The van der Waals surface area contributed by atoms with Crippen molar-refractivity contribution in [3.63, 3.8) is 0 Å². The van der Waals surface area contributed by atoms with Crippen LogP contribution in [0.15, 0.2) is 149 Å². The van der Waals surface area contributed by atoms with Gasteiger partial charge in [-0.25, -0.2) is 0 Å². The first-order valence-corrected chi connectivity index (χ1v) is 14.9. The number of rotatable bonds is 8. The molecule has 0 radical (unpaired) electrons. The van der Waals surface area contributed by atoms with E-state index in [9.17, 15) is 0 Å². The summed E-state index contributed by atoms with van der Waals surface area (Å²) in [7, 11) is -2.13. The highest BCUT2D eigenvalue weighted by atomic mass is 32.2.